The van der Waals surface area contributed by atoms with Gasteiger partial charge in [-0.3, -0.25) is 4.79 Å². The summed E-state index contributed by atoms with van der Waals surface area (Å²) in [6.45, 7) is 2.43. The van der Waals surface area contributed by atoms with Crippen LogP contribution in [-0.2, 0) is 14.8 Å². The number of piperidine rings is 1. The van der Waals surface area contributed by atoms with E-state index in [9.17, 15) is 13.2 Å². The molecule has 1 aromatic rings. The highest BCUT2D eigenvalue weighted by atomic mass is 35.5. The summed E-state index contributed by atoms with van der Waals surface area (Å²) in [5.41, 5.74) is 0. The van der Waals surface area contributed by atoms with Gasteiger partial charge in [-0.05, 0) is 31.0 Å². The molecule has 24 heavy (non-hydrogen) atoms. The van der Waals surface area contributed by atoms with Crippen LogP contribution in [-0.4, -0.2) is 62.3 Å². The molecule has 0 aliphatic carbocycles. The molecule has 6 nitrogen and oxygen atoms in total. The Labute approximate surface area is 151 Å². The third-order valence-corrected chi connectivity index (χ3v) is 7.06. The molecule has 1 aromatic carbocycles. The maximum absolute atomic E-state index is 12.9. The quantitative estimate of drug-likeness (QED) is 0.848. The second kappa shape index (κ2) is 7.17. The van der Waals surface area contributed by atoms with E-state index >= 15 is 0 Å². The smallest absolute Gasteiger partial charge is 0.243 e. The number of sulfonamides is 1. The van der Waals surface area contributed by atoms with Crippen LogP contribution in [0.2, 0.25) is 10.0 Å². The second-order valence-electron chi connectivity index (χ2n) is 6.00. The fourth-order valence-corrected chi connectivity index (χ4v) is 5.09. The molecule has 1 N–H and O–H groups in total. The van der Waals surface area contributed by atoms with Crippen molar-refractivity contribution in [1.82, 2.24) is 14.5 Å². The first-order valence-electron chi connectivity index (χ1n) is 7.85. The number of nitrogens with zero attached hydrogens (tertiary/aromatic N) is 2. The summed E-state index contributed by atoms with van der Waals surface area (Å²) < 4.78 is 27.2. The van der Waals surface area contributed by atoms with Gasteiger partial charge in [0.1, 0.15) is 0 Å². The van der Waals surface area contributed by atoms with Crippen molar-refractivity contribution in [2.45, 2.75) is 23.8 Å². The summed E-state index contributed by atoms with van der Waals surface area (Å²) in [5, 5.41) is 3.56. The van der Waals surface area contributed by atoms with Crippen molar-refractivity contribution >= 4 is 39.1 Å². The van der Waals surface area contributed by atoms with Crippen molar-refractivity contribution in [3.05, 3.63) is 28.2 Å². The first kappa shape index (κ1) is 17.9. The summed E-state index contributed by atoms with van der Waals surface area (Å²) in [5.74, 6) is 0.0278. The van der Waals surface area contributed by atoms with Crippen molar-refractivity contribution in [3.63, 3.8) is 0 Å². The van der Waals surface area contributed by atoms with Crippen LogP contribution in [0, 0.1) is 0 Å². The molecule has 0 radical (unpaired) electrons. The average Bonchev–Trinajstić information content (AvgIpc) is 2.58. The van der Waals surface area contributed by atoms with Crippen LogP contribution in [0.4, 0.5) is 0 Å². The van der Waals surface area contributed by atoms with Gasteiger partial charge in [-0.25, -0.2) is 8.42 Å². The Morgan fingerprint density at radius 1 is 1.17 bits per heavy atom. The lowest BCUT2D eigenvalue weighted by atomic mass is 10.1. The van der Waals surface area contributed by atoms with Crippen LogP contribution in [0.25, 0.3) is 0 Å². The van der Waals surface area contributed by atoms with Crippen molar-refractivity contribution in [2.75, 3.05) is 32.7 Å². The Balaban J connectivity index is 1.80. The minimum Gasteiger partial charge on any atom is -0.336 e. The summed E-state index contributed by atoms with van der Waals surface area (Å²) in [6, 6.07) is 4.24. The van der Waals surface area contributed by atoms with Crippen LogP contribution in [0.3, 0.4) is 0 Å². The lowest BCUT2D eigenvalue weighted by Crippen LogP contribution is -2.57. The van der Waals surface area contributed by atoms with Crippen LogP contribution in [0.15, 0.2) is 23.1 Å². The van der Waals surface area contributed by atoms with Gasteiger partial charge in [0.05, 0.1) is 21.5 Å². The van der Waals surface area contributed by atoms with Gasteiger partial charge in [-0.1, -0.05) is 23.2 Å². The summed E-state index contributed by atoms with van der Waals surface area (Å²) in [7, 11) is -3.65. The van der Waals surface area contributed by atoms with E-state index in [0.29, 0.717) is 31.2 Å². The number of hydrogen-bond donors (Lipinski definition) is 1. The maximum atomic E-state index is 12.9. The molecular formula is C15H19Cl2N3O3S. The Bertz CT molecular complexity index is 741. The van der Waals surface area contributed by atoms with Crippen molar-refractivity contribution < 1.29 is 13.2 Å². The third kappa shape index (κ3) is 3.55. The number of nitrogens with one attached hydrogen (secondary N) is 1. The van der Waals surface area contributed by atoms with Crippen molar-refractivity contribution in [1.29, 1.82) is 0 Å². The zero-order valence-electron chi connectivity index (χ0n) is 13.0. The van der Waals surface area contributed by atoms with Crippen LogP contribution < -0.4 is 5.32 Å². The highest BCUT2D eigenvalue weighted by molar-refractivity contribution is 7.89. The number of carbonyl (C=O) groups excluding carboxylic acids is 1. The Morgan fingerprint density at radius 3 is 2.67 bits per heavy atom. The SMILES string of the molecule is O=C1CNCCN1C1CCCN(S(=O)(=O)c2ccc(Cl)c(Cl)c2)C1. The monoisotopic (exact) mass is 391 g/mol. The number of carbonyl (C=O) groups is 1. The number of hydrogen-bond acceptors (Lipinski definition) is 4. The molecule has 0 spiro atoms. The van der Waals surface area contributed by atoms with E-state index < -0.39 is 10.0 Å². The summed E-state index contributed by atoms with van der Waals surface area (Å²) in [6.07, 6.45) is 1.54. The van der Waals surface area contributed by atoms with Crippen LogP contribution in [0.1, 0.15) is 12.8 Å². The first-order chi connectivity index (χ1) is 11.4. The molecular weight excluding hydrogens is 373 g/mol. The van der Waals surface area contributed by atoms with Crippen molar-refractivity contribution in [2.24, 2.45) is 0 Å². The second-order valence-corrected chi connectivity index (χ2v) is 8.75. The standard InChI is InChI=1S/C15H19Cl2N3O3S/c16-13-4-3-12(8-14(13)17)24(22,23)19-6-1-2-11(10-19)20-7-5-18-9-15(20)21/h3-4,8,11,18H,1-2,5-7,9-10H2. The highest BCUT2D eigenvalue weighted by Crippen LogP contribution is 2.28. The third-order valence-electron chi connectivity index (χ3n) is 4.45. The van der Waals surface area contributed by atoms with E-state index in [2.05, 4.69) is 5.32 Å². The lowest BCUT2D eigenvalue weighted by molar-refractivity contribution is -0.135. The lowest BCUT2D eigenvalue weighted by Gasteiger charge is -2.40. The van der Waals surface area contributed by atoms with E-state index in [1.165, 1.54) is 22.5 Å². The zero-order valence-corrected chi connectivity index (χ0v) is 15.4. The number of rotatable bonds is 3. The molecule has 1 unspecified atom stereocenters. The molecule has 2 fully saturated rings. The minimum absolute atomic E-state index is 0.0278. The van der Waals surface area contributed by atoms with E-state index in [1.54, 1.807) is 4.90 Å². The maximum Gasteiger partial charge on any atom is 0.243 e. The molecule has 2 aliphatic heterocycles. The van der Waals surface area contributed by atoms with Gasteiger partial charge in [0, 0.05) is 32.2 Å². The largest absolute Gasteiger partial charge is 0.336 e. The van der Waals surface area contributed by atoms with E-state index in [1.807, 2.05) is 0 Å². The molecule has 132 valence electrons. The van der Waals surface area contributed by atoms with Gasteiger partial charge in [-0.15, -0.1) is 0 Å². The van der Waals surface area contributed by atoms with Gasteiger partial charge < -0.3 is 10.2 Å². The minimum atomic E-state index is -3.65. The molecule has 1 atom stereocenters. The van der Waals surface area contributed by atoms with Crippen LogP contribution in [0.5, 0.6) is 0 Å². The number of piperazine rings is 1. The molecule has 0 aromatic heterocycles. The van der Waals surface area contributed by atoms with Gasteiger partial charge in [0.15, 0.2) is 0 Å². The molecule has 1 amide bonds. The molecule has 0 bridgehead atoms. The fraction of sp³-hybridized carbons (Fsp3) is 0.533. The first-order valence-corrected chi connectivity index (χ1v) is 10.0. The predicted molar refractivity (Wildman–Crippen MR) is 92.8 cm³/mol. The topological polar surface area (TPSA) is 69.7 Å². The van der Waals surface area contributed by atoms with E-state index in [-0.39, 0.29) is 21.9 Å². The molecule has 2 heterocycles. The average molecular weight is 392 g/mol. The van der Waals surface area contributed by atoms with E-state index in [0.717, 1.165) is 19.4 Å². The number of halogens is 2. The van der Waals surface area contributed by atoms with Crippen LogP contribution >= 0.6 is 23.2 Å². The Kier molecular flexibility index (Phi) is 5.36. The molecule has 9 heteroatoms. The number of amides is 1. The summed E-state index contributed by atoms with van der Waals surface area (Å²) in [4.78, 5) is 14.0. The molecule has 2 saturated heterocycles. The van der Waals surface area contributed by atoms with Gasteiger partial charge in [0.25, 0.3) is 0 Å². The summed E-state index contributed by atoms with van der Waals surface area (Å²) >= 11 is 11.8. The van der Waals surface area contributed by atoms with Gasteiger partial charge in [-0.2, -0.15) is 4.31 Å². The van der Waals surface area contributed by atoms with Crippen molar-refractivity contribution in [3.8, 4) is 0 Å². The fourth-order valence-electron chi connectivity index (χ4n) is 3.19. The Hall–Kier alpha value is -0.860. The van der Waals surface area contributed by atoms with Gasteiger partial charge in [0.2, 0.25) is 15.9 Å². The normalized spacial score (nSPS) is 23.5. The zero-order chi connectivity index (χ0) is 17.3. The Morgan fingerprint density at radius 2 is 1.96 bits per heavy atom. The van der Waals surface area contributed by atoms with Gasteiger partial charge >= 0.3 is 0 Å². The molecule has 3 rings (SSSR count). The van der Waals surface area contributed by atoms with E-state index in [4.69, 9.17) is 23.2 Å². The highest BCUT2D eigenvalue weighted by Gasteiger charge is 2.35. The molecule has 2 aliphatic rings. The number of benzene rings is 1. The molecule has 0 saturated carbocycles. The predicted octanol–water partition coefficient (Wildman–Crippen LogP) is 1.58.